The Bertz CT molecular complexity index is 3050. The first-order valence-corrected chi connectivity index (χ1v) is 18.8. The average Bonchev–Trinajstić information content (AvgIpc) is 3.68. The third kappa shape index (κ3) is 6.42. The second-order valence-electron chi connectivity index (χ2n) is 13.9. The van der Waals surface area contributed by atoms with Crippen LogP contribution >= 0.6 is 0 Å². The fourth-order valence-corrected chi connectivity index (χ4v) is 7.57. The van der Waals surface area contributed by atoms with Crippen molar-refractivity contribution in [2.24, 2.45) is 0 Å². The molecule has 5 nitrogen and oxygen atoms in total. The lowest BCUT2D eigenvalue weighted by Gasteiger charge is -2.13. The highest BCUT2D eigenvalue weighted by atomic mass is 16.3. The third-order valence-corrected chi connectivity index (χ3v) is 10.4. The second-order valence-corrected chi connectivity index (χ2v) is 13.9. The normalized spacial score (nSPS) is 11.1. The minimum absolute atomic E-state index is 0.533. The number of nitriles is 1. The largest absolute Gasteiger partial charge is 0.456 e. The molecular weight excluding hydrogens is 697 g/mol. The third-order valence-electron chi connectivity index (χ3n) is 10.4. The maximum absolute atomic E-state index is 9.76. The summed E-state index contributed by atoms with van der Waals surface area (Å²) >= 11 is 0. The molecule has 10 aromatic rings. The number of rotatable bonds is 7. The summed E-state index contributed by atoms with van der Waals surface area (Å²) < 4.78 is 6.52. The number of hydrogen-bond acceptors (Lipinski definition) is 5. The van der Waals surface area contributed by atoms with Gasteiger partial charge in [-0.2, -0.15) is 5.26 Å². The monoisotopic (exact) mass is 728 g/mol. The number of fused-ring (bicyclic) bond motifs is 3. The van der Waals surface area contributed by atoms with Gasteiger partial charge in [0, 0.05) is 27.5 Å². The summed E-state index contributed by atoms with van der Waals surface area (Å²) in [6.45, 7) is 0. The first kappa shape index (κ1) is 33.6. The van der Waals surface area contributed by atoms with Gasteiger partial charge in [-0.25, -0.2) is 15.0 Å². The van der Waals surface area contributed by atoms with Crippen molar-refractivity contribution in [2.75, 3.05) is 0 Å². The molecule has 0 radical (unpaired) electrons. The van der Waals surface area contributed by atoms with Crippen LogP contribution in [0.15, 0.2) is 199 Å². The quantitative estimate of drug-likeness (QED) is 0.163. The molecule has 0 N–H and O–H groups in total. The summed E-state index contributed by atoms with van der Waals surface area (Å²) in [5.41, 5.74) is 13.1. The van der Waals surface area contributed by atoms with E-state index >= 15 is 0 Å². The molecule has 0 fully saturated rings. The van der Waals surface area contributed by atoms with Crippen LogP contribution in [0.5, 0.6) is 0 Å². The predicted octanol–water partition coefficient (Wildman–Crippen LogP) is 13.3. The summed E-state index contributed by atoms with van der Waals surface area (Å²) in [4.78, 5) is 15.4. The van der Waals surface area contributed by atoms with Gasteiger partial charge in [0.15, 0.2) is 17.5 Å². The molecule has 0 aliphatic heterocycles. The lowest BCUT2D eigenvalue weighted by Crippen LogP contribution is -2.00. The molecule has 0 unspecified atom stereocenters. The first-order valence-electron chi connectivity index (χ1n) is 18.8. The summed E-state index contributed by atoms with van der Waals surface area (Å²) in [5.74, 6) is 1.63. The van der Waals surface area contributed by atoms with E-state index in [1.54, 1.807) is 0 Å². The number of nitrogens with zero attached hydrogens (tertiary/aromatic N) is 4. The zero-order valence-electron chi connectivity index (χ0n) is 30.7. The van der Waals surface area contributed by atoms with Gasteiger partial charge in [-0.05, 0) is 87.0 Å². The molecule has 5 heteroatoms. The molecule has 0 amide bonds. The molecule has 0 aliphatic carbocycles. The van der Waals surface area contributed by atoms with E-state index in [1.165, 1.54) is 0 Å². The van der Waals surface area contributed by atoms with Crippen molar-refractivity contribution < 1.29 is 4.42 Å². The number of benzene rings is 8. The van der Waals surface area contributed by atoms with Gasteiger partial charge in [0.2, 0.25) is 0 Å². The van der Waals surface area contributed by atoms with Crippen LogP contribution in [-0.2, 0) is 0 Å². The Balaban J connectivity index is 1.15. The van der Waals surface area contributed by atoms with Crippen molar-refractivity contribution >= 4 is 21.9 Å². The molecule has 2 aromatic heterocycles. The minimum Gasteiger partial charge on any atom is -0.456 e. The van der Waals surface area contributed by atoms with Crippen molar-refractivity contribution in [1.82, 2.24) is 15.0 Å². The maximum Gasteiger partial charge on any atom is 0.164 e. The van der Waals surface area contributed by atoms with Gasteiger partial charge in [0.05, 0.1) is 11.6 Å². The van der Waals surface area contributed by atoms with Gasteiger partial charge in [-0.15, -0.1) is 0 Å². The number of hydrogen-bond donors (Lipinski definition) is 0. The van der Waals surface area contributed by atoms with E-state index in [-0.39, 0.29) is 0 Å². The van der Waals surface area contributed by atoms with Gasteiger partial charge < -0.3 is 4.42 Å². The Morgan fingerprint density at radius 2 is 0.842 bits per heavy atom. The molecule has 266 valence electrons. The number of furan rings is 1. The van der Waals surface area contributed by atoms with E-state index in [4.69, 9.17) is 19.4 Å². The van der Waals surface area contributed by atoms with Gasteiger partial charge >= 0.3 is 0 Å². The fraction of sp³-hybridized carbons (Fsp3) is 0. The summed E-state index contributed by atoms with van der Waals surface area (Å²) in [6.07, 6.45) is 0. The Morgan fingerprint density at radius 1 is 0.351 bits per heavy atom. The Kier molecular flexibility index (Phi) is 8.48. The van der Waals surface area contributed by atoms with Crippen LogP contribution in [0.2, 0.25) is 0 Å². The molecule has 0 bridgehead atoms. The zero-order chi connectivity index (χ0) is 38.1. The van der Waals surface area contributed by atoms with E-state index in [9.17, 15) is 5.26 Å². The van der Waals surface area contributed by atoms with Crippen LogP contribution in [0, 0.1) is 11.3 Å². The van der Waals surface area contributed by atoms with Crippen molar-refractivity contribution in [3.8, 4) is 84.7 Å². The standard InChI is InChI=1S/C52H32N4O/c53-33-40-19-10-11-20-44(40)37-23-25-38(26-24-37)50-54-51(39-27-28-46-48(32-39)57-47-22-12-21-45(49(46)47)36-17-8-3-9-18-36)56-52(55-50)43-30-41(34-13-4-1-5-14-34)29-42(31-43)35-15-6-2-7-16-35/h1-32H. The smallest absolute Gasteiger partial charge is 0.164 e. The van der Waals surface area contributed by atoms with Gasteiger partial charge in [0.1, 0.15) is 11.2 Å². The summed E-state index contributed by atoms with van der Waals surface area (Å²) in [7, 11) is 0. The number of aromatic nitrogens is 3. The molecule has 57 heavy (non-hydrogen) atoms. The lowest BCUT2D eigenvalue weighted by molar-refractivity contribution is 0.669. The van der Waals surface area contributed by atoms with E-state index < -0.39 is 0 Å². The fourth-order valence-electron chi connectivity index (χ4n) is 7.57. The summed E-state index contributed by atoms with van der Waals surface area (Å²) in [6, 6.07) is 68.1. The molecule has 0 spiro atoms. The second kappa shape index (κ2) is 14.4. The highest BCUT2D eigenvalue weighted by molar-refractivity contribution is 6.13. The van der Waals surface area contributed by atoms with Crippen LogP contribution < -0.4 is 0 Å². The minimum atomic E-state index is 0.533. The molecule has 0 saturated carbocycles. The first-order chi connectivity index (χ1) is 28.2. The SMILES string of the molecule is N#Cc1ccccc1-c1ccc(-c2nc(-c3cc(-c4ccccc4)cc(-c4ccccc4)c3)nc(-c3ccc4c(c3)oc3cccc(-c5ccccc5)c34)n2)cc1. The Hall–Kier alpha value is -7.94. The lowest BCUT2D eigenvalue weighted by atomic mass is 9.95. The highest BCUT2D eigenvalue weighted by Gasteiger charge is 2.18. The average molecular weight is 729 g/mol. The molecule has 0 aliphatic rings. The van der Waals surface area contributed by atoms with Crippen LogP contribution in [0.4, 0.5) is 0 Å². The van der Waals surface area contributed by atoms with E-state index in [2.05, 4.69) is 115 Å². The molecule has 2 heterocycles. The molecule has 0 atom stereocenters. The molecule has 8 aromatic carbocycles. The van der Waals surface area contributed by atoms with E-state index in [0.717, 1.165) is 83.1 Å². The predicted molar refractivity (Wildman–Crippen MR) is 230 cm³/mol. The summed E-state index contributed by atoms with van der Waals surface area (Å²) in [5, 5.41) is 11.9. The zero-order valence-corrected chi connectivity index (χ0v) is 30.7. The van der Waals surface area contributed by atoms with Crippen molar-refractivity contribution in [1.29, 1.82) is 5.26 Å². The van der Waals surface area contributed by atoms with E-state index in [0.29, 0.717) is 23.0 Å². The van der Waals surface area contributed by atoms with Gasteiger partial charge in [-0.3, -0.25) is 0 Å². The Labute approximate surface area is 329 Å². The Morgan fingerprint density at radius 3 is 1.49 bits per heavy atom. The van der Waals surface area contributed by atoms with Crippen molar-refractivity contribution in [2.45, 2.75) is 0 Å². The van der Waals surface area contributed by atoms with Crippen molar-refractivity contribution in [3.63, 3.8) is 0 Å². The highest BCUT2D eigenvalue weighted by Crippen LogP contribution is 2.39. The van der Waals surface area contributed by atoms with Crippen LogP contribution in [0.1, 0.15) is 5.56 Å². The van der Waals surface area contributed by atoms with Gasteiger partial charge in [0.25, 0.3) is 0 Å². The molecular formula is C52H32N4O. The van der Waals surface area contributed by atoms with Crippen LogP contribution in [0.25, 0.3) is 101 Å². The van der Waals surface area contributed by atoms with Crippen LogP contribution in [0.3, 0.4) is 0 Å². The molecule has 0 saturated heterocycles. The van der Waals surface area contributed by atoms with Gasteiger partial charge in [-0.1, -0.05) is 152 Å². The topological polar surface area (TPSA) is 75.6 Å². The van der Waals surface area contributed by atoms with E-state index in [1.807, 2.05) is 84.9 Å². The van der Waals surface area contributed by atoms with Crippen molar-refractivity contribution in [3.05, 3.63) is 200 Å². The van der Waals surface area contributed by atoms with Crippen LogP contribution in [-0.4, -0.2) is 15.0 Å². The molecule has 10 rings (SSSR count). The maximum atomic E-state index is 9.76.